The van der Waals surface area contributed by atoms with Crippen molar-refractivity contribution < 1.29 is 0 Å². The SMILES string of the molecule is Cn1nnc2c(N=C(N)CCl)cccc21. The van der Waals surface area contributed by atoms with Crippen molar-refractivity contribution in [2.45, 2.75) is 0 Å². The van der Waals surface area contributed by atoms with Crippen LogP contribution in [0.5, 0.6) is 0 Å². The molecule has 1 aromatic heterocycles. The van der Waals surface area contributed by atoms with Crippen LogP contribution < -0.4 is 5.73 Å². The summed E-state index contributed by atoms with van der Waals surface area (Å²) < 4.78 is 1.69. The van der Waals surface area contributed by atoms with Gasteiger partial charge in [0.25, 0.3) is 0 Å². The minimum Gasteiger partial charge on any atom is -0.386 e. The lowest BCUT2D eigenvalue weighted by Crippen LogP contribution is -2.12. The molecule has 1 heterocycles. The summed E-state index contributed by atoms with van der Waals surface area (Å²) in [6.07, 6.45) is 0. The van der Waals surface area contributed by atoms with Gasteiger partial charge < -0.3 is 5.73 Å². The van der Waals surface area contributed by atoms with Crippen molar-refractivity contribution in [3.63, 3.8) is 0 Å². The summed E-state index contributed by atoms with van der Waals surface area (Å²) in [5.74, 6) is 0.575. The number of alkyl halides is 1. The highest BCUT2D eigenvalue weighted by Gasteiger charge is 2.05. The van der Waals surface area contributed by atoms with Crippen LogP contribution in [0.3, 0.4) is 0 Å². The largest absolute Gasteiger partial charge is 0.386 e. The van der Waals surface area contributed by atoms with E-state index in [0.29, 0.717) is 11.5 Å². The Morgan fingerprint density at radius 2 is 2.40 bits per heavy atom. The number of hydrogen-bond donors (Lipinski definition) is 1. The topological polar surface area (TPSA) is 69.1 Å². The molecule has 6 heteroatoms. The van der Waals surface area contributed by atoms with Crippen molar-refractivity contribution in [3.8, 4) is 0 Å². The average molecular weight is 224 g/mol. The summed E-state index contributed by atoms with van der Waals surface area (Å²) >= 11 is 5.56. The molecule has 0 saturated heterocycles. The van der Waals surface area contributed by atoms with E-state index in [4.69, 9.17) is 17.3 Å². The number of nitrogens with two attached hydrogens (primary N) is 1. The normalized spacial score (nSPS) is 12.3. The van der Waals surface area contributed by atoms with Gasteiger partial charge in [0.1, 0.15) is 11.4 Å². The third-order valence-electron chi connectivity index (χ3n) is 2.02. The van der Waals surface area contributed by atoms with Crippen LogP contribution in [0.25, 0.3) is 11.0 Å². The van der Waals surface area contributed by atoms with Crippen LogP contribution in [0, 0.1) is 0 Å². The van der Waals surface area contributed by atoms with Gasteiger partial charge in [-0.2, -0.15) is 0 Å². The van der Waals surface area contributed by atoms with Gasteiger partial charge in [-0.25, -0.2) is 9.67 Å². The van der Waals surface area contributed by atoms with Gasteiger partial charge in [0, 0.05) is 7.05 Å². The fraction of sp³-hybridized carbons (Fsp3) is 0.222. The van der Waals surface area contributed by atoms with Crippen LogP contribution in [0.2, 0.25) is 0 Å². The molecule has 0 amide bonds. The Morgan fingerprint density at radius 3 is 3.13 bits per heavy atom. The number of hydrogen-bond acceptors (Lipinski definition) is 3. The molecule has 5 nitrogen and oxygen atoms in total. The Hall–Kier alpha value is -1.62. The van der Waals surface area contributed by atoms with Gasteiger partial charge in [0.15, 0.2) is 0 Å². The molecule has 0 bridgehead atoms. The van der Waals surface area contributed by atoms with Gasteiger partial charge in [-0.3, -0.25) is 0 Å². The van der Waals surface area contributed by atoms with E-state index >= 15 is 0 Å². The third kappa shape index (κ3) is 1.78. The van der Waals surface area contributed by atoms with E-state index in [2.05, 4.69) is 15.3 Å². The predicted octanol–water partition coefficient (Wildman–Crippen LogP) is 1.20. The summed E-state index contributed by atoms with van der Waals surface area (Å²) in [6, 6.07) is 5.63. The van der Waals surface area contributed by atoms with Crippen molar-refractivity contribution >= 4 is 34.2 Å². The van der Waals surface area contributed by atoms with Gasteiger partial charge in [-0.1, -0.05) is 11.3 Å². The molecule has 0 unspecified atom stereocenters. The molecule has 0 saturated carbocycles. The van der Waals surface area contributed by atoms with Crippen LogP contribution in [-0.2, 0) is 7.05 Å². The van der Waals surface area contributed by atoms with Crippen molar-refractivity contribution in [3.05, 3.63) is 18.2 Å². The monoisotopic (exact) mass is 223 g/mol. The lowest BCUT2D eigenvalue weighted by atomic mass is 10.2. The van der Waals surface area contributed by atoms with E-state index in [1.165, 1.54) is 0 Å². The molecule has 2 aromatic rings. The van der Waals surface area contributed by atoms with E-state index in [-0.39, 0.29) is 5.88 Å². The molecule has 0 aliphatic rings. The number of nitrogens with zero attached hydrogens (tertiary/aromatic N) is 4. The first-order valence-electron chi connectivity index (χ1n) is 4.40. The Morgan fingerprint density at radius 1 is 1.60 bits per heavy atom. The first-order chi connectivity index (χ1) is 7.22. The third-order valence-corrected chi connectivity index (χ3v) is 2.30. The fourth-order valence-corrected chi connectivity index (χ4v) is 1.38. The molecule has 0 aliphatic heterocycles. The van der Waals surface area contributed by atoms with Crippen molar-refractivity contribution in [2.24, 2.45) is 17.8 Å². The van der Waals surface area contributed by atoms with Gasteiger partial charge in [-0.05, 0) is 12.1 Å². The molecular formula is C9H10ClN5. The van der Waals surface area contributed by atoms with E-state index in [9.17, 15) is 0 Å². The molecule has 2 rings (SSSR count). The zero-order valence-corrected chi connectivity index (χ0v) is 8.94. The van der Waals surface area contributed by atoms with Gasteiger partial charge >= 0.3 is 0 Å². The summed E-state index contributed by atoms with van der Waals surface area (Å²) in [4.78, 5) is 4.17. The highest BCUT2D eigenvalue weighted by Crippen LogP contribution is 2.22. The predicted molar refractivity (Wildman–Crippen MR) is 60.5 cm³/mol. The molecule has 15 heavy (non-hydrogen) atoms. The Bertz CT molecular complexity index is 516. The second kappa shape index (κ2) is 3.86. The second-order valence-corrected chi connectivity index (χ2v) is 3.36. The quantitative estimate of drug-likeness (QED) is 0.473. The molecule has 0 radical (unpaired) electrons. The molecule has 78 valence electrons. The average Bonchev–Trinajstić information content (AvgIpc) is 2.62. The minimum atomic E-state index is 0.205. The molecule has 1 aromatic carbocycles. The standard InChI is InChI=1S/C9H10ClN5/c1-15-7-4-2-3-6(9(7)13-14-15)12-8(11)5-10/h2-4H,5H2,1H3,(H2,11,12). The summed E-state index contributed by atoms with van der Waals surface area (Å²) in [5.41, 5.74) is 7.90. The molecule has 0 spiro atoms. The molecular weight excluding hydrogens is 214 g/mol. The highest BCUT2D eigenvalue weighted by atomic mass is 35.5. The van der Waals surface area contributed by atoms with Gasteiger partial charge in [-0.15, -0.1) is 16.7 Å². The van der Waals surface area contributed by atoms with Crippen LogP contribution >= 0.6 is 11.6 Å². The second-order valence-electron chi connectivity index (χ2n) is 3.09. The zero-order valence-electron chi connectivity index (χ0n) is 8.18. The first kappa shape index (κ1) is 9.92. The van der Waals surface area contributed by atoms with Crippen LogP contribution in [0.15, 0.2) is 23.2 Å². The summed E-state index contributed by atoms with van der Waals surface area (Å²) in [7, 11) is 1.83. The molecule has 0 fully saturated rings. The summed E-state index contributed by atoms with van der Waals surface area (Å²) in [5, 5.41) is 7.93. The highest BCUT2D eigenvalue weighted by molar-refractivity contribution is 6.28. The number of amidine groups is 1. The number of aryl methyl sites for hydroxylation is 1. The van der Waals surface area contributed by atoms with Gasteiger partial charge in [0.2, 0.25) is 0 Å². The molecule has 0 atom stereocenters. The van der Waals surface area contributed by atoms with E-state index in [0.717, 1.165) is 11.0 Å². The van der Waals surface area contributed by atoms with Crippen LogP contribution in [0.4, 0.5) is 5.69 Å². The summed E-state index contributed by atoms with van der Waals surface area (Å²) in [6.45, 7) is 0. The zero-order chi connectivity index (χ0) is 10.8. The Kier molecular flexibility index (Phi) is 2.55. The van der Waals surface area contributed by atoms with Crippen molar-refractivity contribution in [2.75, 3.05) is 5.88 Å². The number of halogens is 1. The lowest BCUT2D eigenvalue weighted by molar-refractivity contribution is 0.736. The number of aliphatic imine (C=N–C) groups is 1. The maximum Gasteiger partial charge on any atom is 0.138 e. The maximum atomic E-state index is 5.57. The molecule has 0 aliphatic carbocycles. The number of aromatic nitrogens is 3. The smallest absolute Gasteiger partial charge is 0.138 e. The van der Waals surface area contributed by atoms with E-state index < -0.39 is 0 Å². The molecule has 2 N–H and O–H groups in total. The minimum absolute atomic E-state index is 0.205. The van der Waals surface area contributed by atoms with Crippen LogP contribution in [-0.4, -0.2) is 26.7 Å². The first-order valence-corrected chi connectivity index (χ1v) is 4.93. The van der Waals surface area contributed by atoms with Crippen molar-refractivity contribution in [1.29, 1.82) is 0 Å². The maximum absolute atomic E-state index is 5.57. The van der Waals surface area contributed by atoms with E-state index in [1.54, 1.807) is 4.68 Å². The van der Waals surface area contributed by atoms with Crippen molar-refractivity contribution in [1.82, 2.24) is 15.0 Å². The van der Waals surface area contributed by atoms with Gasteiger partial charge in [0.05, 0.1) is 17.1 Å². The number of benzene rings is 1. The fourth-order valence-electron chi connectivity index (χ4n) is 1.32. The lowest BCUT2D eigenvalue weighted by Gasteiger charge is -1.97. The van der Waals surface area contributed by atoms with Crippen LogP contribution in [0.1, 0.15) is 0 Å². The Labute approximate surface area is 91.5 Å². The number of fused-ring (bicyclic) bond motifs is 1. The number of rotatable bonds is 2. The Balaban J connectivity index is 2.61. The van der Waals surface area contributed by atoms with E-state index in [1.807, 2.05) is 25.2 Å².